The van der Waals surface area contributed by atoms with E-state index in [2.05, 4.69) is 4.98 Å². The fourth-order valence-electron chi connectivity index (χ4n) is 1.40. The first-order valence-corrected chi connectivity index (χ1v) is 5.00. The Morgan fingerprint density at radius 3 is 2.27 bits per heavy atom. The maximum absolute atomic E-state index is 9.24. The molecule has 0 atom stereocenters. The van der Waals surface area contributed by atoms with Crippen LogP contribution in [0, 0.1) is 0 Å². The van der Waals surface area contributed by atoms with Crippen molar-refractivity contribution in [2.45, 2.75) is 0 Å². The van der Waals surface area contributed by atoms with Gasteiger partial charge in [-0.2, -0.15) is 4.98 Å². The first-order chi connectivity index (χ1) is 7.06. The van der Waals surface area contributed by atoms with Gasteiger partial charge in [0.05, 0.1) is 6.20 Å². The number of benzene rings is 1. The molecule has 0 fully saturated rings. The smallest absolute Gasteiger partial charge is 0.229 e. The molecule has 0 amide bonds. The van der Waals surface area contributed by atoms with Crippen LogP contribution in [0.2, 0.25) is 10.0 Å². The molecule has 1 heterocycles. The van der Waals surface area contributed by atoms with Crippen molar-refractivity contribution >= 4 is 23.2 Å². The topological polar surface area (TPSA) is 38.0 Å². The van der Waals surface area contributed by atoms with E-state index in [0.717, 1.165) is 5.56 Å². The van der Waals surface area contributed by atoms with Crippen LogP contribution in [0.3, 0.4) is 0 Å². The van der Waals surface area contributed by atoms with Crippen molar-refractivity contribution in [1.29, 1.82) is 0 Å². The van der Waals surface area contributed by atoms with Crippen LogP contribution in [0.5, 0.6) is 5.88 Å². The maximum Gasteiger partial charge on any atom is 0.229 e. The Kier molecular flexibility index (Phi) is 2.59. The van der Waals surface area contributed by atoms with Crippen molar-refractivity contribution in [3.8, 4) is 17.3 Å². The number of halogens is 2. The van der Waals surface area contributed by atoms with Crippen molar-refractivity contribution in [3.05, 3.63) is 34.4 Å². The predicted molar refractivity (Wildman–Crippen MR) is 60.3 cm³/mol. The maximum atomic E-state index is 9.24. The fraction of sp³-hybridized carbons (Fsp3) is 0.100. The lowest BCUT2D eigenvalue weighted by molar-refractivity contribution is 0.456. The average molecular weight is 243 g/mol. The zero-order valence-corrected chi connectivity index (χ0v) is 9.42. The van der Waals surface area contributed by atoms with Crippen LogP contribution in [0.1, 0.15) is 0 Å². The molecule has 0 aliphatic heterocycles. The molecular formula is C10H8Cl2N2O. The van der Waals surface area contributed by atoms with E-state index in [1.165, 1.54) is 6.20 Å². The summed E-state index contributed by atoms with van der Waals surface area (Å²) in [5.41, 5.74) is 0.773. The van der Waals surface area contributed by atoms with E-state index in [1.807, 2.05) is 0 Å². The number of aromatic nitrogens is 2. The van der Waals surface area contributed by atoms with Gasteiger partial charge >= 0.3 is 0 Å². The SMILES string of the molecule is Cn1cc(O)nc1-c1cc(Cl)cc(Cl)c1. The molecule has 2 rings (SSSR count). The Morgan fingerprint density at radius 1 is 1.20 bits per heavy atom. The first-order valence-electron chi connectivity index (χ1n) is 4.25. The van der Waals surface area contributed by atoms with E-state index in [-0.39, 0.29) is 5.88 Å². The van der Waals surface area contributed by atoms with Crippen LogP contribution in [-0.2, 0) is 7.05 Å². The first kappa shape index (κ1) is 10.3. The molecular weight excluding hydrogens is 235 g/mol. The lowest BCUT2D eigenvalue weighted by atomic mass is 10.2. The van der Waals surface area contributed by atoms with Crippen molar-refractivity contribution in [3.63, 3.8) is 0 Å². The highest BCUT2D eigenvalue weighted by Gasteiger charge is 2.08. The molecule has 0 saturated carbocycles. The molecule has 1 aromatic heterocycles. The van der Waals surface area contributed by atoms with Gasteiger partial charge in [-0.05, 0) is 18.2 Å². The molecule has 0 saturated heterocycles. The molecule has 0 bridgehead atoms. The monoisotopic (exact) mass is 242 g/mol. The summed E-state index contributed by atoms with van der Waals surface area (Å²) in [5.74, 6) is 0.598. The van der Waals surface area contributed by atoms with Gasteiger partial charge in [0.2, 0.25) is 5.88 Å². The average Bonchev–Trinajstić information content (AvgIpc) is 2.43. The number of aromatic hydroxyl groups is 1. The number of nitrogens with zero attached hydrogens (tertiary/aromatic N) is 2. The standard InChI is InChI=1S/C10H8Cl2N2O/c1-14-5-9(15)13-10(14)6-2-7(11)4-8(12)3-6/h2-5,15H,1H3. The molecule has 0 aliphatic rings. The molecule has 0 unspecified atom stereocenters. The molecule has 78 valence electrons. The van der Waals surface area contributed by atoms with Gasteiger partial charge in [0.25, 0.3) is 0 Å². The number of rotatable bonds is 1. The molecule has 5 heteroatoms. The second-order valence-electron chi connectivity index (χ2n) is 3.19. The lowest BCUT2D eigenvalue weighted by Gasteiger charge is -2.02. The van der Waals surface area contributed by atoms with Crippen molar-refractivity contribution < 1.29 is 5.11 Å². The third-order valence-corrected chi connectivity index (χ3v) is 2.42. The minimum atomic E-state index is -0.0244. The molecule has 15 heavy (non-hydrogen) atoms. The molecule has 1 N–H and O–H groups in total. The number of hydrogen-bond donors (Lipinski definition) is 1. The number of aryl methyl sites for hydroxylation is 1. The highest BCUT2D eigenvalue weighted by atomic mass is 35.5. The minimum Gasteiger partial charge on any atom is -0.492 e. The molecule has 3 nitrogen and oxygen atoms in total. The van der Waals surface area contributed by atoms with E-state index >= 15 is 0 Å². The van der Waals surface area contributed by atoms with E-state index in [0.29, 0.717) is 15.9 Å². The highest BCUT2D eigenvalue weighted by molar-refractivity contribution is 6.35. The summed E-state index contributed by atoms with van der Waals surface area (Å²) in [7, 11) is 1.79. The third-order valence-electron chi connectivity index (χ3n) is 1.98. The van der Waals surface area contributed by atoms with Gasteiger partial charge < -0.3 is 9.67 Å². The van der Waals surface area contributed by atoms with Gasteiger partial charge in [-0.3, -0.25) is 0 Å². The summed E-state index contributed by atoms with van der Waals surface area (Å²) in [6.07, 6.45) is 1.52. The quantitative estimate of drug-likeness (QED) is 0.835. The molecule has 2 aromatic rings. The zero-order chi connectivity index (χ0) is 11.0. The second-order valence-corrected chi connectivity index (χ2v) is 4.06. The lowest BCUT2D eigenvalue weighted by Crippen LogP contribution is -1.90. The predicted octanol–water partition coefficient (Wildman–Crippen LogP) is 3.10. The second kappa shape index (κ2) is 3.76. The third kappa shape index (κ3) is 2.08. The van der Waals surface area contributed by atoms with Crippen LogP contribution < -0.4 is 0 Å². The van der Waals surface area contributed by atoms with Crippen LogP contribution in [0.25, 0.3) is 11.4 Å². The molecule has 0 radical (unpaired) electrons. The highest BCUT2D eigenvalue weighted by Crippen LogP contribution is 2.27. The normalized spacial score (nSPS) is 10.6. The summed E-state index contributed by atoms with van der Waals surface area (Å²) in [6, 6.07) is 5.14. The van der Waals surface area contributed by atoms with Gasteiger partial charge in [0.1, 0.15) is 5.82 Å². The Bertz CT molecular complexity index is 488. The number of hydrogen-bond acceptors (Lipinski definition) is 2. The van der Waals surface area contributed by atoms with Crippen LogP contribution in [0.15, 0.2) is 24.4 Å². The fourth-order valence-corrected chi connectivity index (χ4v) is 1.93. The Hall–Kier alpha value is -1.19. The largest absolute Gasteiger partial charge is 0.492 e. The van der Waals surface area contributed by atoms with Crippen molar-refractivity contribution in [1.82, 2.24) is 9.55 Å². The Labute approximate surface area is 96.9 Å². The van der Waals surface area contributed by atoms with Crippen molar-refractivity contribution in [2.24, 2.45) is 7.05 Å². The number of imidazole rings is 1. The van der Waals surface area contributed by atoms with Gasteiger partial charge in [-0.15, -0.1) is 0 Å². The van der Waals surface area contributed by atoms with E-state index < -0.39 is 0 Å². The van der Waals surface area contributed by atoms with Gasteiger partial charge in [-0.25, -0.2) is 0 Å². The van der Waals surface area contributed by atoms with Crippen LogP contribution in [0.4, 0.5) is 0 Å². The molecule has 0 aliphatic carbocycles. The minimum absolute atomic E-state index is 0.0244. The van der Waals surface area contributed by atoms with Crippen molar-refractivity contribution in [2.75, 3.05) is 0 Å². The summed E-state index contributed by atoms with van der Waals surface area (Å²) in [6.45, 7) is 0. The van der Waals surface area contributed by atoms with E-state index in [1.54, 1.807) is 29.8 Å². The summed E-state index contributed by atoms with van der Waals surface area (Å²) in [5, 5.41) is 10.3. The molecule has 0 spiro atoms. The molecule has 1 aromatic carbocycles. The summed E-state index contributed by atoms with van der Waals surface area (Å²) >= 11 is 11.8. The summed E-state index contributed by atoms with van der Waals surface area (Å²) < 4.78 is 1.71. The van der Waals surface area contributed by atoms with Gasteiger partial charge in [0.15, 0.2) is 0 Å². The van der Waals surface area contributed by atoms with E-state index in [9.17, 15) is 5.11 Å². The van der Waals surface area contributed by atoms with Crippen LogP contribution >= 0.6 is 23.2 Å². The van der Waals surface area contributed by atoms with Gasteiger partial charge in [-0.1, -0.05) is 23.2 Å². The Morgan fingerprint density at radius 2 is 1.80 bits per heavy atom. The zero-order valence-electron chi connectivity index (χ0n) is 7.91. The summed E-state index contributed by atoms with van der Waals surface area (Å²) in [4.78, 5) is 3.96. The Balaban J connectivity index is 2.58. The van der Waals surface area contributed by atoms with Gasteiger partial charge in [0, 0.05) is 22.7 Å². The van der Waals surface area contributed by atoms with E-state index in [4.69, 9.17) is 23.2 Å². The van der Waals surface area contributed by atoms with Crippen LogP contribution in [-0.4, -0.2) is 14.7 Å².